The van der Waals surface area contributed by atoms with Gasteiger partial charge in [-0.15, -0.1) is 0 Å². The average molecular weight is 453 g/mol. The predicted molar refractivity (Wildman–Crippen MR) is 108 cm³/mol. The summed E-state index contributed by atoms with van der Waals surface area (Å²) in [5, 5.41) is 2.81. The summed E-state index contributed by atoms with van der Waals surface area (Å²) in [5.41, 5.74) is 1.52. The van der Waals surface area contributed by atoms with Gasteiger partial charge in [-0.3, -0.25) is 4.79 Å². The number of aromatic nitrogens is 2. The van der Waals surface area contributed by atoms with Gasteiger partial charge in [0.05, 0.1) is 26.2 Å². The van der Waals surface area contributed by atoms with E-state index in [2.05, 4.69) is 20.0 Å². The highest BCUT2D eigenvalue weighted by Gasteiger charge is 2.37. The maximum atomic E-state index is 14.8. The summed E-state index contributed by atoms with van der Waals surface area (Å²) in [6.45, 7) is 0.249. The average Bonchev–Trinajstić information content (AvgIpc) is 3.24. The topological polar surface area (TPSA) is 114 Å². The molecular formula is C20H22ClFN4O5. The van der Waals surface area contributed by atoms with E-state index in [-0.39, 0.29) is 30.0 Å². The van der Waals surface area contributed by atoms with Crippen LogP contribution >= 0.6 is 11.6 Å². The molecule has 1 aliphatic rings. The van der Waals surface area contributed by atoms with Crippen molar-refractivity contribution in [3.63, 3.8) is 0 Å². The summed E-state index contributed by atoms with van der Waals surface area (Å²) in [7, 11) is 2.41. The van der Waals surface area contributed by atoms with E-state index in [1.165, 1.54) is 43.6 Å². The number of nitrogens with one attached hydrogen (secondary N) is 2. The maximum absolute atomic E-state index is 14.8. The van der Waals surface area contributed by atoms with Crippen LogP contribution in [0.4, 0.5) is 9.18 Å². The van der Waals surface area contributed by atoms with Gasteiger partial charge in [-0.2, -0.15) is 0 Å². The van der Waals surface area contributed by atoms with Gasteiger partial charge in [0.25, 0.3) is 0 Å². The molecule has 11 heteroatoms. The third-order valence-electron chi connectivity index (χ3n) is 5.09. The van der Waals surface area contributed by atoms with E-state index in [9.17, 15) is 18.8 Å². The van der Waals surface area contributed by atoms with E-state index < -0.39 is 35.9 Å². The molecule has 2 amide bonds. The zero-order chi connectivity index (χ0) is 22.5. The molecule has 2 N–H and O–H groups in total. The fraction of sp³-hybridized carbons (Fsp3) is 0.400. The number of benzene rings is 1. The Morgan fingerprint density at radius 1 is 1.35 bits per heavy atom. The van der Waals surface area contributed by atoms with Crippen LogP contribution in [0.2, 0.25) is 5.02 Å². The molecule has 9 nitrogen and oxygen atoms in total. The number of rotatable bonds is 6. The molecule has 0 aliphatic carbocycles. The zero-order valence-corrected chi connectivity index (χ0v) is 17.7. The number of esters is 2. The molecule has 2 aromatic rings. The fourth-order valence-corrected chi connectivity index (χ4v) is 3.68. The molecule has 31 heavy (non-hydrogen) atoms. The van der Waals surface area contributed by atoms with Crippen molar-refractivity contribution in [3.8, 4) is 0 Å². The maximum Gasteiger partial charge on any atom is 0.328 e. The molecule has 1 aromatic carbocycles. The molecule has 1 aliphatic heterocycles. The van der Waals surface area contributed by atoms with Crippen LogP contribution in [-0.4, -0.2) is 59.6 Å². The molecule has 2 unspecified atom stereocenters. The third-order valence-corrected chi connectivity index (χ3v) is 5.33. The van der Waals surface area contributed by atoms with E-state index >= 15 is 0 Å². The van der Waals surface area contributed by atoms with Gasteiger partial charge in [0.15, 0.2) is 0 Å². The molecule has 1 aromatic heterocycles. The first kappa shape index (κ1) is 22.5. The van der Waals surface area contributed by atoms with Crippen LogP contribution in [0.15, 0.2) is 24.5 Å². The van der Waals surface area contributed by atoms with Crippen molar-refractivity contribution in [1.82, 2.24) is 20.2 Å². The Labute approximate surface area is 182 Å². The van der Waals surface area contributed by atoms with E-state index in [0.717, 1.165) is 5.69 Å². The highest BCUT2D eigenvalue weighted by atomic mass is 35.5. The summed E-state index contributed by atoms with van der Waals surface area (Å²) in [4.78, 5) is 45.4. The molecule has 0 fully saturated rings. The lowest BCUT2D eigenvalue weighted by molar-refractivity contribution is -0.144. The number of carbonyl (C=O) groups excluding carboxylic acids is 3. The Balaban J connectivity index is 1.88. The minimum atomic E-state index is -1.08. The molecule has 2 atom stereocenters. The number of fused-ring (bicyclic) bond motifs is 1. The molecule has 166 valence electrons. The van der Waals surface area contributed by atoms with Gasteiger partial charge < -0.3 is 24.7 Å². The van der Waals surface area contributed by atoms with Crippen molar-refractivity contribution >= 4 is 29.6 Å². The minimum Gasteiger partial charge on any atom is -0.469 e. The first-order valence-electron chi connectivity index (χ1n) is 9.54. The molecule has 3 rings (SSSR count). The second-order valence-electron chi connectivity index (χ2n) is 6.92. The summed E-state index contributed by atoms with van der Waals surface area (Å²) in [6, 6.07) is 1.68. The highest BCUT2D eigenvalue weighted by molar-refractivity contribution is 6.30. The van der Waals surface area contributed by atoms with Gasteiger partial charge in [-0.25, -0.2) is 19.0 Å². The van der Waals surface area contributed by atoms with Gasteiger partial charge in [0.1, 0.15) is 17.9 Å². The molecule has 0 saturated carbocycles. The van der Waals surface area contributed by atoms with Gasteiger partial charge in [-0.1, -0.05) is 17.7 Å². The number of nitrogens with zero attached hydrogens (tertiary/aromatic N) is 2. The monoisotopic (exact) mass is 452 g/mol. The highest BCUT2D eigenvalue weighted by Crippen LogP contribution is 2.35. The minimum absolute atomic E-state index is 0.00739. The van der Waals surface area contributed by atoms with Crippen LogP contribution in [0.5, 0.6) is 0 Å². The quantitative estimate of drug-likeness (QED) is 0.650. The Morgan fingerprint density at radius 3 is 2.81 bits per heavy atom. The normalized spacial score (nSPS) is 16.3. The SMILES string of the molecule is COC(=O)CCC(NC(=O)N1CCc2[nH]cnc2C1c1ccc(Cl)cc1F)C(=O)OC. The number of carbonyl (C=O) groups is 3. The van der Waals surface area contributed by atoms with Crippen LogP contribution in [-0.2, 0) is 25.5 Å². The summed E-state index contributed by atoms with van der Waals surface area (Å²) < 4.78 is 24.1. The van der Waals surface area contributed by atoms with Crippen molar-refractivity contribution in [2.45, 2.75) is 31.3 Å². The molecule has 0 radical (unpaired) electrons. The standard InChI is InChI=1S/C20H22ClFN4O5/c1-30-16(27)6-5-15(19(28)31-2)25-20(29)26-8-7-14-17(24-10-23-14)18(26)12-4-3-11(21)9-13(12)22/h3-4,9-10,15,18H,5-8H2,1-2H3,(H,23,24)(H,25,29). The van der Waals surface area contributed by atoms with E-state index in [0.29, 0.717) is 12.1 Å². The summed E-state index contributed by atoms with van der Waals surface area (Å²) >= 11 is 5.88. The third kappa shape index (κ3) is 4.96. The number of amides is 2. The summed E-state index contributed by atoms with van der Waals surface area (Å²) in [6.07, 6.45) is 1.86. The number of urea groups is 1. The molecular weight excluding hydrogens is 431 g/mol. The number of imidazole rings is 1. The zero-order valence-electron chi connectivity index (χ0n) is 17.0. The van der Waals surface area contributed by atoms with Crippen molar-refractivity contribution < 1.29 is 28.2 Å². The molecule has 0 spiro atoms. The van der Waals surface area contributed by atoms with Gasteiger partial charge in [-0.05, 0) is 18.6 Å². The first-order chi connectivity index (χ1) is 14.8. The van der Waals surface area contributed by atoms with Crippen molar-refractivity contribution in [2.75, 3.05) is 20.8 Å². The Morgan fingerprint density at radius 2 is 2.13 bits per heavy atom. The van der Waals surface area contributed by atoms with Gasteiger partial charge in [0, 0.05) is 35.7 Å². The largest absolute Gasteiger partial charge is 0.469 e. The van der Waals surface area contributed by atoms with Crippen molar-refractivity contribution in [3.05, 3.63) is 52.3 Å². The lowest BCUT2D eigenvalue weighted by Gasteiger charge is -2.36. The van der Waals surface area contributed by atoms with E-state index in [1.54, 1.807) is 0 Å². The number of hydrogen-bond donors (Lipinski definition) is 2. The van der Waals surface area contributed by atoms with Crippen LogP contribution in [0.25, 0.3) is 0 Å². The van der Waals surface area contributed by atoms with Crippen molar-refractivity contribution in [2.24, 2.45) is 0 Å². The lowest BCUT2D eigenvalue weighted by atomic mass is 9.95. The molecule has 0 saturated heterocycles. The Hall–Kier alpha value is -3.14. The van der Waals surface area contributed by atoms with Crippen LogP contribution < -0.4 is 5.32 Å². The smallest absolute Gasteiger partial charge is 0.328 e. The Kier molecular flexibility index (Phi) is 7.11. The summed E-state index contributed by atoms with van der Waals surface area (Å²) in [5.74, 6) is -1.81. The van der Waals surface area contributed by atoms with Crippen molar-refractivity contribution in [1.29, 1.82) is 0 Å². The number of halogens is 2. The number of ether oxygens (including phenoxy) is 2. The second kappa shape index (κ2) is 9.78. The number of aromatic amines is 1. The van der Waals surface area contributed by atoms with Crippen LogP contribution in [0.3, 0.4) is 0 Å². The first-order valence-corrected chi connectivity index (χ1v) is 9.92. The van der Waals surface area contributed by atoms with Gasteiger partial charge in [0.2, 0.25) is 0 Å². The molecule has 2 heterocycles. The second-order valence-corrected chi connectivity index (χ2v) is 7.35. The lowest BCUT2D eigenvalue weighted by Crippen LogP contribution is -2.51. The van der Waals surface area contributed by atoms with Crippen LogP contribution in [0.1, 0.15) is 35.8 Å². The van der Waals surface area contributed by atoms with Crippen LogP contribution in [0, 0.1) is 5.82 Å². The number of H-pyrrole nitrogens is 1. The number of methoxy groups -OCH3 is 2. The number of hydrogen-bond acceptors (Lipinski definition) is 6. The van der Waals surface area contributed by atoms with E-state index in [1.807, 2.05) is 0 Å². The van der Waals surface area contributed by atoms with E-state index in [4.69, 9.17) is 16.3 Å². The molecule has 0 bridgehead atoms. The van der Waals surface area contributed by atoms with Gasteiger partial charge >= 0.3 is 18.0 Å². The fourth-order valence-electron chi connectivity index (χ4n) is 3.52. The Bertz CT molecular complexity index is 982. The predicted octanol–water partition coefficient (Wildman–Crippen LogP) is 2.35.